The lowest BCUT2D eigenvalue weighted by molar-refractivity contribution is -0.134. The Balaban J connectivity index is 1.79. The van der Waals surface area contributed by atoms with Crippen molar-refractivity contribution >= 4 is 5.91 Å². The lowest BCUT2D eigenvalue weighted by Crippen LogP contribution is -2.41. The van der Waals surface area contributed by atoms with Gasteiger partial charge in [0.2, 0.25) is 5.91 Å². The highest BCUT2D eigenvalue weighted by atomic mass is 16.2. The van der Waals surface area contributed by atoms with E-state index in [1.165, 1.54) is 0 Å². The lowest BCUT2D eigenvalue weighted by atomic mass is 9.89. The number of benzene rings is 1. The largest absolute Gasteiger partial charge is 0.342 e. The smallest absolute Gasteiger partial charge is 0.230 e. The molecule has 4 heteroatoms. The number of hydrogen-bond donors (Lipinski definition) is 0. The Morgan fingerprint density at radius 3 is 2.58 bits per heavy atom. The van der Waals surface area contributed by atoms with E-state index in [9.17, 15) is 4.79 Å². The molecular formula is C20H21N3O. The number of nitriles is 1. The summed E-state index contributed by atoms with van der Waals surface area (Å²) in [5.41, 5.74) is 2.10. The first-order valence-corrected chi connectivity index (χ1v) is 8.40. The van der Waals surface area contributed by atoms with Crippen LogP contribution in [0.4, 0.5) is 0 Å². The number of nitrogens with zero attached hydrogens (tertiary/aromatic N) is 3. The van der Waals surface area contributed by atoms with Gasteiger partial charge >= 0.3 is 0 Å². The first kappa shape index (κ1) is 16.2. The number of amides is 1. The molecule has 1 aromatic heterocycles. The van der Waals surface area contributed by atoms with Crippen molar-refractivity contribution in [2.24, 2.45) is 5.92 Å². The predicted octanol–water partition coefficient (Wildman–Crippen LogP) is 3.17. The number of likely N-dealkylation sites (tertiary alicyclic amines) is 1. The molecule has 0 spiro atoms. The van der Waals surface area contributed by atoms with Gasteiger partial charge in [0.25, 0.3) is 0 Å². The maximum atomic E-state index is 13.1. The number of rotatable bonds is 4. The summed E-state index contributed by atoms with van der Waals surface area (Å²) in [6, 6.07) is 16.2. The topological polar surface area (TPSA) is 57.0 Å². The highest BCUT2D eigenvalue weighted by Gasteiger charge is 2.29. The second-order valence-electron chi connectivity index (χ2n) is 6.26. The molecular weight excluding hydrogens is 298 g/mol. The summed E-state index contributed by atoms with van der Waals surface area (Å²) < 4.78 is 0. The van der Waals surface area contributed by atoms with E-state index in [0.29, 0.717) is 19.5 Å². The van der Waals surface area contributed by atoms with Crippen LogP contribution in [-0.4, -0.2) is 28.9 Å². The van der Waals surface area contributed by atoms with Crippen LogP contribution in [0.5, 0.6) is 0 Å². The third-order valence-corrected chi connectivity index (χ3v) is 4.65. The molecule has 0 saturated carbocycles. The van der Waals surface area contributed by atoms with Gasteiger partial charge in [-0.15, -0.1) is 0 Å². The van der Waals surface area contributed by atoms with Crippen LogP contribution in [-0.2, 0) is 11.2 Å². The molecule has 1 aliphatic heterocycles. The minimum absolute atomic E-state index is 0.0857. The van der Waals surface area contributed by atoms with Gasteiger partial charge in [0.05, 0.1) is 12.0 Å². The van der Waals surface area contributed by atoms with Crippen LogP contribution < -0.4 is 0 Å². The lowest BCUT2D eigenvalue weighted by Gasteiger charge is -2.32. The Kier molecular flexibility index (Phi) is 5.22. The number of carbonyl (C=O) groups excluding carboxylic acids is 1. The average molecular weight is 319 g/mol. The highest BCUT2D eigenvalue weighted by Crippen LogP contribution is 2.26. The second-order valence-corrected chi connectivity index (χ2v) is 6.26. The first-order valence-electron chi connectivity index (χ1n) is 8.40. The van der Waals surface area contributed by atoms with E-state index in [1.54, 1.807) is 6.20 Å². The van der Waals surface area contributed by atoms with Crippen molar-refractivity contribution in [3.05, 3.63) is 66.0 Å². The molecule has 1 aromatic carbocycles. The molecule has 0 bridgehead atoms. The fraction of sp³-hybridized carbons (Fsp3) is 0.350. The molecule has 1 fully saturated rings. The average Bonchev–Trinajstić information content (AvgIpc) is 2.67. The summed E-state index contributed by atoms with van der Waals surface area (Å²) in [4.78, 5) is 19.2. The molecule has 1 amide bonds. The number of hydrogen-bond acceptors (Lipinski definition) is 3. The Morgan fingerprint density at radius 1 is 1.21 bits per heavy atom. The summed E-state index contributed by atoms with van der Waals surface area (Å²) in [6.07, 6.45) is 5.77. The molecule has 24 heavy (non-hydrogen) atoms. The molecule has 122 valence electrons. The van der Waals surface area contributed by atoms with Gasteiger partial charge in [-0.05, 0) is 36.5 Å². The summed E-state index contributed by atoms with van der Waals surface area (Å²) in [7, 11) is 0. The third-order valence-electron chi connectivity index (χ3n) is 4.65. The van der Waals surface area contributed by atoms with Gasteiger partial charge in [0, 0.05) is 31.4 Å². The van der Waals surface area contributed by atoms with Crippen molar-refractivity contribution in [3.63, 3.8) is 0 Å². The van der Waals surface area contributed by atoms with Crippen molar-refractivity contribution in [1.29, 1.82) is 5.26 Å². The van der Waals surface area contributed by atoms with Crippen LogP contribution in [0.15, 0.2) is 54.9 Å². The Hall–Kier alpha value is -2.67. The SMILES string of the molecule is N#CC1CCN(C(=O)C(Cc2cccnc2)c2ccccc2)CC1. The van der Waals surface area contributed by atoms with Crippen LogP contribution >= 0.6 is 0 Å². The van der Waals surface area contributed by atoms with Crippen molar-refractivity contribution in [2.45, 2.75) is 25.2 Å². The number of aromatic nitrogens is 1. The van der Waals surface area contributed by atoms with Gasteiger partial charge in [0.1, 0.15) is 0 Å². The van der Waals surface area contributed by atoms with Crippen molar-refractivity contribution in [2.75, 3.05) is 13.1 Å². The van der Waals surface area contributed by atoms with Crippen molar-refractivity contribution < 1.29 is 4.79 Å². The molecule has 2 aromatic rings. The van der Waals surface area contributed by atoms with E-state index in [0.717, 1.165) is 24.0 Å². The van der Waals surface area contributed by atoms with Gasteiger partial charge in [-0.2, -0.15) is 5.26 Å². The van der Waals surface area contributed by atoms with Crippen LogP contribution in [0, 0.1) is 17.2 Å². The van der Waals surface area contributed by atoms with Gasteiger partial charge in [-0.3, -0.25) is 9.78 Å². The number of pyridine rings is 1. The first-order chi connectivity index (χ1) is 11.8. The van der Waals surface area contributed by atoms with Gasteiger partial charge < -0.3 is 4.90 Å². The Bertz CT molecular complexity index is 701. The van der Waals surface area contributed by atoms with Crippen LogP contribution in [0.25, 0.3) is 0 Å². The van der Waals surface area contributed by atoms with E-state index in [2.05, 4.69) is 11.1 Å². The second kappa shape index (κ2) is 7.74. The van der Waals surface area contributed by atoms with E-state index >= 15 is 0 Å². The molecule has 0 radical (unpaired) electrons. The molecule has 1 atom stereocenters. The van der Waals surface area contributed by atoms with Gasteiger partial charge in [-0.25, -0.2) is 0 Å². The van der Waals surface area contributed by atoms with Crippen molar-refractivity contribution in [1.82, 2.24) is 9.88 Å². The molecule has 4 nitrogen and oxygen atoms in total. The monoisotopic (exact) mass is 319 g/mol. The van der Waals surface area contributed by atoms with Crippen LogP contribution in [0.1, 0.15) is 29.9 Å². The maximum absolute atomic E-state index is 13.1. The zero-order chi connectivity index (χ0) is 16.8. The number of piperidine rings is 1. The molecule has 1 saturated heterocycles. The molecule has 1 aliphatic rings. The fourth-order valence-corrected chi connectivity index (χ4v) is 3.24. The summed E-state index contributed by atoms with van der Waals surface area (Å²) >= 11 is 0. The summed E-state index contributed by atoms with van der Waals surface area (Å²) in [5, 5.41) is 9.04. The quantitative estimate of drug-likeness (QED) is 0.870. The zero-order valence-electron chi connectivity index (χ0n) is 13.6. The van der Waals surface area contributed by atoms with E-state index < -0.39 is 0 Å². The molecule has 0 N–H and O–H groups in total. The van der Waals surface area contributed by atoms with Gasteiger partial charge in [0.15, 0.2) is 0 Å². The fourth-order valence-electron chi connectivity index (χ4n) is 3.24. The Morgan fingerprint density at radius 2 is 1.96 bits per heavy atom. The highest BCUT2D eigenvalue weighted by molar-refractivity contribution is 5.84. The van der Waals surface area contributed by atoms with E-state index in [4.69, 9.17) is 5.26 Å². The third kappa shape index (κ3) is 3.80. The predicted molar refractivity (Wildman–Crippen MR) is 92.0 cm³/mol. The molecule has 0 aliphatic carbocycles. The molecule has 3 rings (SSSR count). The standard InChI is InChI=1S/C20H21N3O/c21-14-16-8-11-23(12-9-16)20(24)19(18-6-2-1-3-7-18)13-17-5-4-10-22-15-17/h1-7,10,15-16,19H,8-9,11-13H2. The summed E-state index contributed by atoms with van der Waals surface area (Å²) in [6.45, 7) is 1.35. The normalized spacial score (nSPS) is 16.4. The summed E-state index contributed by atoms with van der Waals surface area (Å²) in [5.74, 6) is 0.0398. The zero-order valence-corrected chi connectivity index (χ0v) is 13.6. The van der Waals surface area contributed by atoms with E-state index in [1.807, 2.05) is 53.6 Å². The van der Waals surface area contributed by atoms with Crippen molar-refractivity contribution in [3.8, 4) is 6.07 Å². The molecule has 2 heterocycles. The minimum atomic E-state index is -0.200. The molecule has 1 unspecified atom stereocenters. The van der Waals surface area contributed by atoms with Crippen LogP contribution in [0.2, 0.25) is 0 Å². The van der Waals surface area contributed by atoms with Gasteiger partial charge in [-0.1, -0.05) is 36.4 Å². The van der Waals surface area contributed by atoms with Crippen LogP contribution in [0.3, 0.4) is 0 Å². The maximum Gasteiger partial charge on any atom is 0.230 e. The minimum Gasteiger partial charge on any atom is -0.342 e. The Labute approximate surface area is 142 Å². The van der Waals surface area contributed by atoms with E-state index in [-0.39, 0.29) is 17.7 Å². The number of carbonyl (C=O) groups is 1.